The highest BCUT2D eigenvalue weighted by Gasteiger charge is 2.19. The molecule has 0 aliphatic carbocycles. The number of ether oxygens (including phenoxy) is 2. The molecule has 1 aliphatic rings. The maximum absolute atomic E-state index is 11.9. The zero-order valence-electron chi connectivity index (χ0n) is 13.9. The van der Waals surface area contributed by atoms with Gasteiger partial charge in [-0.15, -0.1) is 0 Å². The average molecular weight is 306 g/mol. The van der Waals surface area contributed by atoms with Gasteiger partial charge in [-0.05, 0) is 45.4 Å². The molecule has 1 heterocycles. The highest BCUT2D eigenvalue weighted by atomic mass is 16.6. The lowest BCUT2D eigenvalue weighted by atomic mass is 10.1. The number of anilines is 1. The molecule has 5 nitrogen and oxygen atoms in total. The Kier molecular flexibility index (Phi) is 5.29. The highest BCUT2D eigenvalue weighted by molar-refractivity contribution is 5.68. The van der Waals surface area contributed by atoms with Crippen LogP contribution in [-0.4, -0.2) is 38.0 Å². The molecule has 2 rings (SSSR count). The molecule has 0 unspecified atom stereocenters. The largest absolute Gasteiger partial charge is 0.444 e. The van der Waals surface area contributed by atoms with Gasteiger partial charge in [0.15, 0.2) is 0 Å². The predicted octanol–water partition coefficient (Wildman–Crippen LogP) is 3.11. The predicted molar refractivity (Wildman–Crippen MR) is 87.3 cm³/mol. The van der Waals surface area contributed by atoms with E-state index in [1.54, 1.807) is 0 Å². The van der Waals surface area contributed by atoms with Crippen LogP contribution in [0.3, 0.4) is 0 Å². The van der Waals surface area contributed by atoms with Gasteiger partial charge in [0.25, 0.3) is 0 Å². The van der Waals surface area contributed by atoms with E-state index in [1.807, 2.05) is 39.8 Å². The molecule has 122 valence electrons. The van der Waals surface area contributed by atoms with Gasteiger partial charge in [0.2, 0.25) is 0 Å². The molecule has 1 amide bonds. The highest BCUT2D eigenvalue weighted by Crippen LogP contribution is 2.22. The van der Waals surface area contributed by atoms with E-state index in [1.165, 1.54) is 5.69 Å². The topological polar surface area (TPSA) is 50.8 Å². The molecular weight excluding hydrogens is 280 g/mol. The van der Waals surface area contributed by atoms with Crippen molar-refractivity contribution in [3.63, 3.8) is 0 Å². The molecule has 0 radical (unpaired) electrons. The van der Waals surface area contributed by atoms with E-state index in [-0.39, 0.29) is 6.04 Å². The number of carbonyl (C=O) groups is 1. The third-order valence-corrected chi connectivity index (χ3v) is 3.48. The van der Waals surface area contributed by atoms with Gasteiger partial charge < -0.3 is 19.7 Å². The lowest BCUT2D eigenvalue weighted by molar-refractivity contribution is 0.0508. The van der Waals surface area contributed by atoms with Crippen LogP contribution < -0.4 is 10.2 Å². The fourth-order valence-electron chi connectivity index (χ4n) is 2.38. The summed E-state index contributed by atoms with van der Waals surface area (Å²) in [6.45, 7) is 10.9. The first-order valence-electron chi connectivity index (χ1n) is 7.77. The molecule has 1 fully saturated rings. The average Bonchev–Trinajstić information content (AvgIpc) is 2.46. The van der Waals surface area contributed by atoms with Crippen LogP contribution in [0.2, 0.25) is 0 Å². The molecule has 22 heavy (non-hydrogen) atoms. The summed E-state index contributed by atoms with van der Waals surface area (Å²) in [4.78, 5) is 14.2. The van der Waals surface area contributed by atoms with Crippen molar-refractivity contribution in [2.75, 3.05) is 31.2 Å². The van der Waals surface area contributed by atoms with Crippen LogP contribution in [-0.2, 0) is 9.47 Å². The van der Waals surface area contributed by atoms with Crippen molar-refractivity contribution in [3.8, 4) is 0 Å². The molecule has 1 aliphatic heterocycles. The van der Waals surface area contributed by atoms with Crippen LogP contribution in [0.25, 0.3) is 0 Å². The normalized spacial score (nSPS) is 17.0. The second-order valence-corrected chi connectivity index (χ2v) is 6.56. The Morgan fingerprint density at radius 2 is 2.00 bits per heavy atom. The number of hydrogen-bond donors (Lipinski definition) is 1. The Hall–Kier alpha value is -1.75. The molecule has 1 atom stereocenters. The van der Waals surface area contributed by atoms with E-state index in [2.05, 4.69) is 22.3 Å². The van der Waals surface area contributed by atoms with Crippen LogP contribution in [0, 0.1) is 0 Å². The summed E-state index contributed by atoms with van der Waals surface area (Å²) in [7, 11) is 0. The Labute approximate surface area is 132 Å². The summed E-state index contributed by atoms with van der Waals surface area (Å²) in [5.74, 6) is 0. The first-order chi connectivity index (χ1) is 10.3. The van der Waals surface area contributed by atoms with Gasteiger partial charge in [-0.3, -0.25) is 0 Å². The number of benzene rings is 1. The molecule has 0 saturated carbocycles. The van der Waals surface area contributed by atoms with Crippen molar-refractivity contribution < 1.29 is 14.3 Å². The minimum Gasteiger partial charge on any atom is -0.444 e. The van der Waals surface area contributed by atoms with E-state index in [4.69, 9.17) is 9.47 Å². The number of alkyl carbamates (subject to hydrolysis) is 1. The standard InChI is InChI=1S/C17H26N2O3/c1-13(18-16(20)22-17(2,3)4)14-6-5-7-15(12-14)19-8-10-21-11-9-19/h5-7,12-13H,8-11H2,1-4H3,(H,18,20)/t13-/m0/s1. The summed E-state index contributed by atoms with van der Waals surface area (Å²) >= 11 is 0. The molecule has 0 aromatic heterocycles. The lowest BCUT2D eigenvalue weighted by Gasteiger charge is -2.29. The summed E-state index contributed by atoms with van der Waals surface area (Å²) in [5.41, 5.74) is 1.74. The van der Waals surface area contributed by atoms with Crippen molar-refractivity contribution in [1.82, 2.24) is 5.32 Å². The molecule has 1 saturated heterocycles. The van der Waals surface area contributed by atoms with E-state index in [0.29, 0.717) is 0 Å². The van der Waals surface area contributed by atoms with Gasteiger partial charge in [0.05, 0.1) is 19.3 Å². The van der Waals surface area contributed by atoms with Gasteiger partial charge in [0, 0.05) is 18.8 Å². The van der Waals surface area contributed by atoms with Crippen molar-refractivity contribution in [2.45, 2.75) is 39.3 Å². The second kappa shape index (κ2) is 7.01. The monoisotopic (exact) mass is 306 g/mol. The Balaban J connectivity index is 2.00. The smallest absolute Gasteiger partial charge is 0.408 e. The third kappa shape index (κ3) is 4.91. The molecule has 1 aromatic rings. The van der Waals surface area contributed by atoms with Crippen molar-refractivity contribution in [3.05, 3.63) is 29.8 Å². The first kappa shape index (κ1) is 16.6. The molecule has 0 bridgehead atoms. The number of nitrogens with zero attached hydrogens (tertiary/aromatic N) is 1. The maximum atomic E-state index is 11.9. The van der Waals surface area contributed by atoms with Crippen molar-refractivity contribution >= 4 is 11.8 Å². The van der Waals surface area contributed by atoms with Gasteiger partial charge in [0.1, 0.15) is 5.60 Å². The Morgan fingerprint density at radius 3 is 2.64 bits per heavy atom. The number of morpholine rings is 1. The van der Waals surface area contributed by atoms with Crippen LogP contribution >= 0.6 is 0 Å². The SMILES string of the molecule is C[C@H](NC(=O)OC(C)(C)C)c1cccc(N2CCOCC2)c1. The summed E-state index contributed by atoms with van der Waals surface area (Å²) in [5, 5.41) is 2.88. The van der Waals surface area contributed by atoms with Gasteiger partial charge >= 0.3 is 6.09 Å². The first-order valence-corrected chi connectivity index (χ1v) is 7.77. The number of hydrogen-bond acceptors (Lipinski definition) is 4. The van der Waals surface area contributed by atoms with Crippen LogP contribution in [0.4, 0.5) is 10.5 Å². The van der Waals surface area contributed by atoms with E-state index in [0.717, 1.165) is 31.9 Å². The lowest BCUT2D eigenvalue weighted by Crippen LogP contribution is -2.36. The van der Waals surface area contributed by atoms with Gasteiger partial charge in [-0.25, -0.2) is 4.79 Å². The van der Waals surface area contributed by atoms with E-state index >= 15 is 0 Å². The molecular formula is C17H26N2O3. The minimum absolute atomic E-state index is 0.101. The van der Waals surface area contributed by atoms with Gasteiger partial charge in [-0.2, -0.15) is 0 Å². The Morgan fingerprint density at radius 1 is 1.32 bits per heavy atom. The van der Waals surface area contributed by atoms with Crippen LogP contribution in [0.1, 0.15) is 39.3 Å². The number of amides is 1. The quantitative estimate of drug-likeness (QED) is 0.932. The fraction of sp³-hybridized carbons (Fsp3) is 0.588. The zero-order chi connectivity index (χ0) is 16.2. The van der Waals surface area contributed by atoms with E-state index < -0.39 is 11.7 Å². The molecule has 0 spiro atoms. The Bertz CT molecular complexity index is 505. The fourth-order valence-corrected chi connectivity index (χ4v) is 2.38. The van der Waals surface area contributed by atoms with E-state index in [9.17, 15) is 4.79 Å². The summed E-state index contributed by atoms with van der Waals surface area (Å²) in [6, 6.07) is 8.15. The number of rotatable bonds is 3. The van der Waals surface area contributed by atoms with Gasteiger partial charge in [-0.1, -0.05) is 12.1 Å². The maximum Gasteiger partial charge on any atom is 0.408 e. The minimum atomic E-state index is -0.487. The van der Waals surface area contributed by atoms with Crippen molar-refractivity contribution in [2.24, 2.45) is 0 Å². The summed E-state index contributed by atoms with van der Waals surface area (Å²) in [6.07, 6.45) is -0.392. The molecule has 1 N–H and O–H groups in total. The van der Waals surface area contributed by atoms with Crippen LogP contribution in [0.5, 0.6) is 0 Å². The summed E-state index contributed by atoms with van der Waals surface area (Å²) < 4.78 is 10.7. The number of carbonyl (C=O) groups excluding carboxylic acids is 1. The molecule has 1 aromatic carbocycles. The third-order valence-electron chi connectivity index (χ3n) is 3.48. The second-order valence-electron chi connectivity index (χ2n) is 6.56. The number of nitrogens with one attached hydrogen (secondary N) is 1. The van der Waals surface area contributed by atoms with Crippen LogP contribution in [0.15, 0.2) is 24.3 Å². The molecule has 5 heteroatoms. The zero-order valence-corrected chi connectivity index (χ0v) is 13.9. The van der Waals surface area contributed by atoms with Crippen molar-refractivity contribution in [1.29, 1.82) is 0 Å².